The third-order valence-corrected chi connectivity index (χ3v) is 9.35. The standard InChI is InChI=1S/C30H37NO8S/c1-34-24-11-8-21(27(17-24)37-4)19-31(20-22-9-12-25(35-2)18-28(22)38-5)40(32,33)29-16-23(10-13-26(29)36-3)30(39-6)14-7-15-30/h8-13,16-18H,7,14-15,19-20H2,1-6H3. The fraction of sp³-hybridized carbons (Fsp3) is 0.400. The molecule has 9 nitrogen and oxygen atoms in total. The summed E-state index contributed by atoms with van der Waals surface area (Å²) >= 11 is 0. The largest absolute Gasteiger partial charge is 0.497 e. The van der Waals surface area contributed by atoms with Gasteiger partial charge in [0.2, 0.25) is 10.0 Å². The normalized spacial score (nSPS) is 14.4. The number of methoxy groups -OCH3 is 6. The van der Waals surface area contributed by atoms with Crippen molar-refractivity contribution in [2.24, 2.45) is 0 Å². The molecule has 0 aromatic heterocycles. The van der Waals surface area contributed by atoms with Crippen LogP contribution < -0.4 is 23.7 Å². The SMILES string of the molecule is COc1ccc(CN(Cc2ccc(OC)cc2OC)S(=O)(=O)c2cc(C3(OC)CCC3)ccc2OC)c(OC)c1. The molecule has 0 spiro atoms. The zero-order valence-electron chi connectivity index (χ0n) is 23.9. The molecular weight excluding hydrogens is 534 g/mol. The molecule has 4 rings (SSSR count). The van der Waals surface area contributed by atoms with Crippen LogP contribution in [-0.2, 0) is 33.5 Å². The molecule has 1 saturated carbocycles. The first kappa shape index (κ1) is 29.5. The third kappa shape index (κ3) is 5.70. The van der Waals surface area contributed by atoms with E-state index in [1.54, 1.807) is 84.1 Å². The average Bonchev–Trinajstić information content (AvgIpc) is 2.96. The van der Waals surface area contributed by atoms with E-state index >= 15 is 0 Å². The molecule has 0 bridgehead atoms. The highest BCUT2D eigenvalue weighted by atomic mass is 32.2. The van der Waals surface area contributed by atoms with Crippen LogP contribution in [0.4, 0.5) is 0 Å². The van der Waals surface area contributed by atoms with Crippen molar-refractivity contribution >= 4 is 10.0 Å². The molecule has 0 radical (unpaired) electrons. The molecule has 0 unspecified atom stereocenters. The van der Waals surface area contributed by atoms with Gasteiger partial charge in [-0.05, 0) is 49.1 Å². The van der Waals surface area contributed by atoms with Gasteiger partial charge in [-0.2, -0.15) is 4.31 Å². The summed E-state index contributed by atoms with van der Waals surface area (Å²) in [5.74, 6) is 2.48. The van der Waals surface area contributed by atoms with E-state index in [2.05, 4.69) is 0 Å². The van der Waals surface area contributed by atoms with Gasteiger partial charge < -0.3 is 28.4 Å². The Hall–Kier alpha value is -3.47. The van der Waals surface area contributed by atoms with E-state index in [9.17, 15) is 8.42 Å². The molecule has 0 heterocycles. The highest BCUT2D eigenvalue weighted by molar-refractivity contribution is 7.89. The zero-order chi connectivity index (χ0) is 28.9. The van der Waals surface area contributed by atoms with Gasteiger partial charge >= 0.3 is 0 Å². The summed E-state index contributed by atoms with van der Waals surface area (Å²) in [5, 5.41) is 0. The van der Waals surface area contributed by atoms with Crippen molar-refractivity contribution in [1.82, 2.24) is 4.31 Å². The lowest BCUT2D eigenvalue weighted by Crippen LogP contribution is -2.36. The first-order valence-corrected chi connectivity index (χ1v) is 14.3. The summed E-state index contributed by atoms with van der Waals surface area (Å²) in [5.41, 5.74) is 1.65. The van der Waals surface area contributed by atoms with Crippen molar-refractivity contribution in [3.63, 3.8) is 0 Å². The number of hydrogen-bond donors (Lipinski definition) is 0. The predicted octanol–water partition coefficient (Wildman–Crippen LogP) is 5.15. The van der Waals surface area contributed by atoms with E-state index < -0.39 is 15.6 Å². The fourth-order valence-electron chi connectivity index (χ4n) is 4.98. The number of rotatable bonds is 13. The van der Waals surface area contributed by atoms with Crippen molar-refractivity contribution in [2.45, 2.75) is 42.8 Å². The van der Waals surface area contributed by atoms with Crippen molar-refractivity contribution < 1.29 is 36.8 Å². The zero-order valence-corrected chi connectivity index (χ0v) is 24.7. The van der Waals surface area contributed by atoms with Gasteiger partial charge in [-0.25, -0.2) is 8.42 Å². The summed E-state index contributed by atoms with van der Waals surface area (Å²) in [6.45, 7) is 0.0426. The minimum absolute atomic E-state index is 0.0213. The molecule has 3 aromatic carbocycles. The lowest BCUT2D eigenvalue weighted by Gasteiger charge is -2.41. The first-order chi connectivity index (χ1) is 19.2. The number of sulfonamides is 1. The Morgan fingerprint density at radius 2 is 1.20 bits per heavy atom. The molecule has 0 saturated heterocycles. The molecule has 1 aliphatic rings. The molecule has 1 fully saturated rings. The van der Waals surface area contributed by atoms with Crippen LogP contribution in [0.3, 0.4) is 0 Å². The highest BCUT2D eigenvalue weighted by Crippen LogP contribution is 2.46. The second kappa shape index (κ2) is 12.4. The van der Waals surface area contributed by atoms with Gasteiger partial charge in [0.05, 0.1) is 41.2 Å². The van der Waals surface area contributed by atoms with Gasteiger partial charge in [-0.1, -0.05) is 18.2 Å². The van der Waals surface area contributed by atoms with Gasteiger partial charge in [-0.15, -0.1) is 0 Å². The summed E-state index contributed by atoms with van der Waals surface area (Å²) in [4.78, 5) is 0.0655. The Morgan fingerprint density at radius 3 is 1.60 bits per heavy atom. The minimum atomic E-state index is -4.12. The van der Waals surface area contributed by atoms with Crippen LogP contribution >= 0.6 is 0 Å². The average molecular weight is 572 g/mol. The van der Waals surface area contributed by atoms with Gasteiger partial charge in [0.1, 0.15) is 33.6 Å². The van der Waals surface area contributed by atoms with E-state index in [0.717, 1.165) is 24.8 Å². The molecule has 1 aliphatic carbocycles. The molecule has 0 atom stereocenters. The van der Waals surface area contributed by atoms with Crippen LogP contribution in [0.2, 0.25) is 0 Å². The Labute approximate surface area is 236 Å². The van der Waals surface area contributed by atoms with E-state index in [0.29, 0.717) is 34.1 Å². The number of hydrogen-bond acceptors (Lipinski definition) is 8. The summed E-state index contributed by atoms with van der Waals surface area (Å²) in [6.07, 6.45) is 2.67. The maximum atomic E-state index is 14.5. The summed E-state index contributed by atoms with van der Waals surface area (Å²) in [7, 11) is 5.22. The lowest BCUT2D eigenvalue weighted by atomic mass is 9.75. The van der Waals surface area contributed by atoms with E-state index in [1.807, 2.05) is 6.07 Å². The molecule has 0 amide bonds. The second-order valence-electron chi connectivity index (χ2n) is 9.55. The molecule has 0 N–H and O–H groups in total. The minimum Gasteiger partial charge on any atom is -0.497 e. The smallest absolute Gasteiger partial charge is 0.247 e. The molecule has 216 valence electrons. The van der Waals surface area contributed by atoms with Crippen LogP contribution in [0.15, 0.2) is 59.5 Å². The lowest BCUT2D eigenvalue weighted by molar-refractivity contribution is -0.0780. The Balaban J connectivity index is 1.84. The van der Waals surface area contributed by atoms with Crippen molar-refractivity contribution in [3.8, 4) is 28.7 Å². The maximum absolute atomic E-state index is 14.5. The van der Waals surface area contributed by atoms with Crippen LogP contribution in [0.1, 0.15) is 36.0 Å². The van der Waals surface area contributed by atoms with Gasteiger partial charge in [0, 0.05) is 43.5 Å². The number of ether oxygens (including phenoxy) is 6. The summed E-state index contributed by atoms with van der Waals surface area (Å²) < 4.78 is 63.7. The quantitative estimate of drug-likeness (QED) is 0.278. The van der Waals surface area contributed by atoms with E-state index in [4.69, 9.17) is 28.4 Å². The van der Waals surface area contributed by atoms with Gasteiger partial charge in [0.15, 0.2) is 0 Å². The van der Waals surface area contributed by atoms with Crippen LogP contribution in [0.25, 0.3) is 0 Å². The Bertz CT molecular complexity index is 1370. The van der Waals surface area contributed by atoms with E-state index in [-0.39, 0.29) is 23.7 Å². The molecule has 0 aliphatic heterocycles. The molecule has 40 heavy (non-hydrogen) atoms. The van der Waals surface area contributed by atoms with Gasteiger partial charge in [0.25, 0.3) is 0 Å². The van der Waals surface area contributed by atoms with Crippen LogP contribution in [0, 0.1) is 0 Å². The van der Waals surface area contributed by atoms with Gasteiger partial charge in [-0.3, -0.25) is 0 Å². The Morgan fingerprint density at radius 1 is 0.675 bits per heavy atom. The van der Waals surface area contributed by atoms with Crippen LogP contribution in [0.5, 0.6) is 28.7 Å². The summed E-state index contributed by atoms with van der Waals surface area (Å²) in [6, 6.07) is 15.9. The Kier molecular flexibility index (Phi) is 9.12. The fourth-order valence-corrected chi connectivity index (χ4v) is 6.56. The monoisotopic (exact) mass is 571 g/mol. The van der Waals surface area contributed by atoms with Crippen molar-refractivity contribution in [2.75, 3.05) is 42.7 Å². The number of benzene rings is 3. The third-order valence-electron chi connectivity index (χ3n) is 7.54. The van der Waals surface area contributed by atoms with E-state index in [1.165, 1.54) is 11.4 Å². The molecule has 10 heteroatoms. The first-order valence-electron chi connectivity index (χ1n) is 12.9. The topological polar surface area (TPSA) is 92.8 Å². The predicted molar refractivity (Wildman–Crippen MR) is 151 cm³/mol. The highest BCUT2D eigenvalue weighted by Gasteiger charge is 2.40. The molecular formula is C30H37NO8S. The van der Waals surface area contributed by atoms with Crippen molar-refractivity contribution in [3.05, 3.63) is 71.3 Å². The molecule has 3 aromatic rings. The van der Waals surface area contributed by atoms with Crippen LogP contribution in [-0.4, -0.2) is 55.4 Å². The second-order valence-corrected chi connectivity index (χ2v) is 11.5. The number of nitrogens with zero attached hydrogens (tertiary/aromatic N) is 1. The maximum Gasteiger partial charge on any atom is 0.247 e. The van der Waals surface area contributed by atoms with Crippen molar-refractivity contribution in [1.29, 1.82) is 0 Å².